The van der Waals surface area contributed by atoms with E-state index in [2.05, 4.69) is 63.2 Å². The number of hydrogen-bond acceptors (Lipinski definition) is 2. The Morgan fingerprint density at radius 2 is 2.05 bits per heavy atom. The molecule has 2 nitrogen and oxygen atoms in total. The molecule has 20 heavy (non-hydrogen) atoms. The zero-order chi connectivity index (χ0) is 14.8. The van der Waals surface area contributed by atoms with Crippen molar-refractivity contribution in [2.45, 2.75) is 52.9 Å². The van der Waals surface area contributed by atoms with Crippen molar-refractivity contribution in [3.63, 3.8) is 0 Å². The van der Waals surface area contributed by atoms with E-state index in [0.29, 0.717) is 16.7 Å². The van der Waals surface area contributed by atoms with E-state index >= 15 is 0 Å². The minimum atomic E-state index is 0.307. The molecule has 2 rings (SSSR count). The lowest BCUT2D eigenvalue weighted by Gasteiger charge is -2.53. The maximum atomic E-state index is 4.34. The van der Waals surface area contributed by atoms with E-state index in [4.69, 9.17) is 0 Å². The van der Waals surface area contributed by atoms with Crippen molar-refractivity contribution in [2.24, 2.45) is 17.3 Å². The zero-order valence-electron chi connectivity index (χ0n) is 13.7. The fourth-order valence-electron chi connectivity index (χ4n) is 3.25. The first-order valence-electron chi connectivity index (χ1n) is 7.95. The van der Waals surface area contributed by atoms with E-state index < -0.39 is 0 Å². The Labute approximate surface area is 124 Å². The molecule has 0 aromatic carbocycles. The van der Waals surface area contributed by atoms with Crippen LogP contribution in [0.4, 0.5) is 0 Å². The Morgan fingerprint density at radius 3 is 2.55 bits per heavy atom. The van der Waals surface area contributed by atoms with Crippen LogP contribution in [0.15, 0.2) is 24.5 Å². The second-order valence-corrected chi connectivity index (χ2v) is 8.02. The summed E-state index contributed by atoms with van der Waals surface area (Å²) in [5.41, 5.74) is 2.14. The summed E-state index contributed by atoms with van der Waals surface area (Å²) in [5.74, 6) is 1.53. The molecule has 2 heteroatoms. The van der Waals surface area contributed by atoms with Crippen LogP contribution in [0, 0.1) is 17.3 Å². The third-order valence-corrected chi connectivity index (χ3v) is 4.79. The molecule has 1 N–H and O–H groups in total. The van der Waals surface area contributed by atoms with Gasteiger partial charge in [-0.3, -0.25) is 4.98 Å². The number of pyridine rings is 1. The van der Waals surface area contributed by atoms with Crippen molar-refractivity contribution < 1.29 is 0 Å². The maximum Gasteiger partial charge on any atom is 0.0306 e. The average molecular weight is 274 g/mol. The van der Waals surface area contributed by atoms with E-state index in [9.17, 15) is 0 Å². The van der Waals surface area contributed by atoms with E-state index in [1.807, 2.05) is 6.20 Å². The highest BCUT2D eigenvalue weighted by molar-refractivity contribution is 5.27. The molecule has 0 radical (unpaired) electrons. The average Bonchev–Trinajstić information content (AvgIpc) is 2.31. The highest BCUT2D eigenvalue weighted by Crippen LogP contribution is 2.53. The van der Waals surface area contributed by atoms with Gasteiger partial charge in [-0.1, -0.05) is 40.7 Å². The van der Waals surface area contributed by atoms with E-state index in [-0.39, 0.29) is 0 Å². The van der Waals surface area contributed by atoms with Crippen molar-refractivity contribution in [1.29, 1.82) is 0 Å². The molecule has 112 valence electrons. The first-order chi connectivity index (χ1) is 9.33. The van der Waals surface area contributed by atoms with Gasteiger partial charge in [0.15, 0.2) is 0 Å². The number of hydrogen-bond donors (Lipinski definition) is 1. The van der Waals surface area contributed by atoms with E-state index in [1.54, 1.807) is 0 Å². The van der Waals surface area contributed by atoms with Crippen LogP contribution in [0.25, 0.3) is 0 Å². The van der Waals surface area contributed by atoms with Gasteiger partial charge < -0.3 is 5.32 Å². The summed E-state index contributed by atoms with van der Waals surface area (Å²) in [7, 11) is 0. The predicted molar refractivity (Wildman–Crippen MR) is 85.8 cm³/mol. The first-order valence-corrected chi connectivity index (χ1v) is 7.95. The molecule has 0 amide bonds. The van der Waals surface area contributed by atoms with Gasteiger partial charge in [0, 0.05) is 24.4 Å². The minimum Gasteiger partial charge on any atom is -0.316 e. The first kappa shape index (κ1) is 15.5. The summed E-state index contributed by atoms with van der Waals surface area (Å²) in [4.78, 5) is 4.34. The molecule has 1 fully saturated rings. The van der Waals surface area contributed by atoms with E-state index in [1.165, 1.54) is 18.4 Å². The predicted octanol–water partition coefficient (Wildman–Crippen LogP) is 4.02. The van der Waals surface area contributed by atoms with Crippen LogP contribution in [0.3, 0.4) is 0 Å². The fourth-order valence-corrected chi connectivity index (χ4v) is 3.25. The standard InChI is InChI=1S/C18H30N2/c1-14(2)11-20-13-18(15-7-6-8-19-12-15)9-16(10-18)17(3,4)5/h6-8,12,14,16,20H,9-11,13H2,1-5H3. The van der Waals surface area contributed by atoms with Crippen LogP contribution in [0.5, 0.6) is 0 Å². The second-order valence-electron chi connectivity index (χ2n) is 8.02. The highest BCUT2D eigenvalue weighted by Gasteiger charge is 2.49. The van der Waals surface area contributed by atoms with Gasteiger partial charge in [0.2, 0.25) is 0 Å². The molecule has 1 aromatic heterocycles. The smallest absolute Gasteiger partial charge is 0.0306 e. The number of nitrogens with zero attached hydrogens (tertiary/aromatic N) is 1. The molecule has 1 aliphatic rings. The summed E-state index contributed by atoms with van der Waals surface area (Å²) in [6.45, 7) is 13.8. The quantitative estimate of drug-likeness (QED) is 0.877. The molecular weight excluding hydrogens is 244 g/mol. The Hall–Kier alpha value is -0.890. The Kier molecular flexibility index (Phi) is 4.53. The monoisotopic (exact) mass is 274 g/mol. The lowest BCUT2D eigenvalue weighted by Crippen LogP contribution is -2.52. The van der Waals surface area contributed by atoms with Crippen LogP contribution in [0.1, 0.15) is 53.0 Å². The number of rotatable bonds is 5. The maximum absolute atomic E-state index is 4.34. The van der Waals surface area contributed by atoms with Gasteiger partial charge >= 0.3 is 0 Å². The molecule has 1 saturated carbocycles. The zero-order valence-corrected chi connectivity index (χ0v) is 13.7. The number of aromatic nitrogens is 1. The van der Waals surface area contributed by atoms with Gasteiger partial charge in [-0.05, 0) is 48.3 Å². The van der Waals surface area contributed by atoms with Gasteiger partial charge in [0.25, 0.3) is 0 Å². The molecular formula is C18H30N2. The molecule has 0 aliphatic heterocycles. The third kappa shape index (κ3) is 3.41. The lowest BCUT2D eigenvalue weighted by atomic mass is 9.52. The van der Waals surface area contributed by atoms with Crippen LogP contribution >= 0.6 is 0 Å². The summed E-state index contributed by atoms with van der Waals surface area (Å²) >= 11 is 0. The van der Waals surface area contributed by atoms with Crippen molar-refractivity contribution in [3.8, 4) is 0 Å². The van der Waals surface area contributed by atoms with Crippen molar-refractivity contribution in [3.05, 3.63) is 30.1 Å². The van der Waals surface area contributed by atoms with Gasteiger partial charge in [0.05, 0.1) is 0 Å². The van der Waals surface area contributed by atoms with Gasteiger partial charge in [-0.25, -0.2) is 0 Å². The van der Waals surface area contributed by atoms with Crippen LogP contribution < -0.4 is 5.32 Å². The Morgan fingerprint density at radius 1 is 1.35 bits per heavy atom. The highest BCUT2D eigenvalue weighted by atomic mass is 14.9. The minimum absolute atomic E-state index is 0.307. The number of nitrogens with one attached hydrogen (secondary N) is 1. The van der Waals surface area contributed by atoms with Gasteiger partial charge in [0.1, 0.15) is 0 Å². The largest absolute Gasteiger partial charge is 0.316 e. The van der Waals surface area contributed by atoms with Crippen molar-refractivity contribution in [1.82, 2.24) is 10.3 Å². The molecule has 1 heterocycles. The molecule has 1 aliphatic carbocycles. The second kappa shape index (κ2) is 5.85. The lowest BCUT2D eigenvalue weighted by molar-refractivity contribution is 0.0443. The third-order valence-electron chi connectivity index (χ3n) is 4.79. The molecule has 0 unspecified atom stereocenters. The Bertz CT molecular complexity index is 411. The SMILES string of the molecule is CC(C)CNCC1(c2cccnc2)CC(C(C)(C)C)C1. The summed E-state index contributed by atoms with van der Waals surface area (Å²) in [6.07, 6.45) is 6.51. The summed E-state index contributed by atoms with van der Waals surface area (Å²) < 4.78 is 0. The molecule has 0 spiro atoms. The molecule has 0 atom stereocenters. The van der Waals surface area contributed by atoms with Crippen molar-refractivity contribution >= 4 is 0 Å². The van der Waals surface area contributed by atoms with Gasteiger partial charge in [-0.2, -0.15) is 0 Å². The van der Waals surface area contributed by atoms with Crippen LogP contribution in [-0.2, 0) is 5.41 Å². The van der Waals surface area contributed by atoms with Crippen LogP contribution in [-0.4, -0.2) is 18.1 Å². The van der Waals surface area contributed by atoms with Crippen LogP contribution in [0.2, 0.25) is 0 Å². The topological polar surface area (TPSA) is 24.9 Å². The van der Waals surface area contributed by atoms with Crippen molar-refractivity contribution in [2.75, 3.05) is 13.1 Å². The molecule has 0 saturated heterocycles. The molecule has 1 aromatic rings. The Balaban J connectivity index is 2.07. The van der Waals surface area contributed by atoms with Gasteiger partial charge in [-0.15, -0.1) is 0 Å². The summed E-state index contributed by atoms with van der Waals surface area (Å²) in [6, 6.07) is 4.33. The fraction of sp³-hybridized carbons (Fsp3) is 0.722. The normalized spacial score (nSPS) is 26.6. The summed E-state index contributed by atoms with van der Waals surface area (Å²) in [5, 5.41) is 3.67. The van der Waals surface area contributed by atoms with E-state index in [0.717, 1.165) is 19.0 Å². The molecule has 0 bridgehead atoms.